The van der Waals surface area contributed by atoms with Crippen molar-refractivity contribution in [1.29, 1.82) is 0 Å². The number of nitrogens with zero attached hydrogens (tertiary/aromatic N) is 5. The first-order valence-electron chi connectivity index (χ1n) is 10.6. The van der Waals surface area contributed by atoms with Crippen LogP contribution in [-0.4, -0.2) is 52.1 Å². The summed E-state index contributed by atoms with van der Waals surface area (Å²) < 4.78 is 6.57. The number of amides is 2. The van der Waals surface area contributed by atoms with Crippen LogP contribution in [0.25, 0.3) is 11.0 Å². The van der Waals surface area contributed by atoms with Gasteiger partial charge in [-0.1, -0.05) is 35.0 Å². The summed E-state index contributed by atoms with van der Waals surface area (Å²) in [5, 5.41) is 11.6. The van der Waals surface area contributed by atoms with Gasteiger partial charge in [-0.25, -0.2) is 4.68 Å². The van der Waals surface area contributed by atoms with Gasteiger partial charge >= 0.3 is 0 Å². The predicted octanol–water partition coefficient (Wildman–Crippen LogP) is 3.02. The predicted molar refractivity (Wildman–Crippen MR) is 128 cm³/mol. The molecule has 1 atom stereocenters. The SMILES string of the molecule is COCCNC(=O)C(c1cccnc1)N(C(=O)Cn1nnc2ccccc21)c1ccc(Cl)cc1. The second-order valence-corrected chi connectivity index (χ2v) is 7.89. The fraction of sp³-hybridized carbons (Fsp3) is 0.208. The third-order valence-corrected chi connectivity index (χ3v) is 5.44. The highest BCUT2D eigenvalue weighted by Gasteiger charge is 2.33. The van der Waals surface area contributed by atoms with Crippen LogP contribution in [0.3, 0.4) is 0 Å². The van der Waals surface area contributed by atoms with E-state index in [2.05, 4.69) is 20.6 Å². The van der Waals surface area contributed by atoms with Gasteiger partial charge in [0.05, 0.1) is 12.1 Å². The van der Waals surface area contributed by atoms with Crippen LogP contribution in [0.5, 0.6) is 0 Å². The summed E-state index contributed by atoms with van der Waals surface area (Å²) >= 11 is 6.09. The first kappa shape index (κ1) is 23.3. The molecule has 34 heavy (non-hydrogen) atoms. The zero-order valence-electron chi connectivity index (χ0n) is 18.5. The molecule has 2 heterocycles. The fourth-order valence-corrected chi connectivity index (χ4v) is 3.73. The summed E-state index contributed by atoms with van der Waals surface area (Å²) in [6, 6.07) is 16.6. The average molecular weight is 479 g/mol. The first-order valence-corrected chi connectivity index (χ1v) is 11.0. The van der Waals surface area contributed by atoms with Crippen LogP contribution in [0.15, 0.2) is 73.1 Å². The van der Waals surface area contributed by atoms with Crippen molar-refractivity contribution < 1.29 is 14.3 Å². The molecule has 1 N–H and O–H groups in total. The molecule has 4 aromatic rings. The van der Waals surface area contributed by atoms with Gasteiger partial charge in [-0.2, -0.15) is 0 Å². The Balaban J connectivity index is 1.75. The third kappa shape index (κ3) is 5.22. The molecule has 0 spiro atoms. The molecule has 0 saturated heterocycles. The van der Waals surface area contributed by atoms with E-state index in [1.165, 1.54) is 9.58 Å². The highest BCUT2D eigenvalue weighted by atomic mass is 35.5. The molecular formula is C24H23ClN6O3. The molecule has 9 nitrogen and oxygen atoms in total. The number of rotatable bonds is 9. The molecule has 0 fully saturated rings. The minimum atomic E-state index is -0.978. The number of fused-ring (bicyclic) bond motifs is 1. The lowest BCUT2D eigenvalue weighted by Gasteiger charge is -2.31. The van der Waals surface area contributed by atoms with Crippen LogP contribution >= 0.6 is 11.6 Å². The third-order valence-electron chi connectivity index (χ3n) is 5.19. The Bertz CT molecular complexity index is 1260. The second kappa shape index (κ2) is 10.9. The molecule has 0 radical (unpaired) electrons. The number of benzene rings is 2. The number of halogens is 1. The number of carbonyl (C=O) groups excluding carboxylic acids is 2. The summed E-state index contributed by atoms with van der Waals surface area (Å²) in [4.78, 5) is 32.7. The minimum absolute atomic E-state index is 0.120. The van der Waals surface area contributed by atoms with Gasteiger partial charge in [-0.15, -0.1) is 5.10 Å². The van der Waals surface area contributed by atoms with Crippen molar-refractivity contribution in [2.24, 2.45) is 0 Å². The van der Waals surface area contributed by atoms with Gasteiger partial charge < -0.3 is 10.1 Å². The summed E-state index contributed by atoms with van der Waals surface area (Å²) in [7, 11) is 1.55. The van der Waals surface area contributed by atoms with Gasteiger partial charge in [-0.05, 0) is 42.5 Å². The van der Waals surface area contributed by atoms with Gasteiger partial charge in [0.15, 0.2) is 0 Å². The van der Waals surface area contributed by atoms with E-state index >= 15 is 0 Å². The van der Waals surface area contributed by atoms with Gasteiger partial charge in [0.2, 0.25) is 11.8 Å². The van der Waals surface area contributed by atoms with Gasteiger partial charge in [0.1, 0.15) is 18.1 Å². The number of anilines is 1. The van der Waals surface area contributed by atoms with E-state index in [1.807, 2.05) is 24.3 Å². The van der Waals surface area contributed by atoms with Crippen LogP contribution in [0, 0.1) is 0 Å². The van der Waals surface area contributed by atoms with Crippen molar-refractivity contribution in [3.63, 3.8) is 0 Å². The van der Waals surface area contributed by atoms with Crippen molar-refractivity contribution in [1.82, 2.24) is 25.3 Å². The monoisotopic (exact) mass is 478 g/mol. The van der Waals surface area contributed by atoms with E-state index in [0.29, 0.717) is 34.9 Å². The Kier molecular flexibility index (Phi) is 7.46. The molecule has 10 heteroatoms. The lowest BCUT2D eigenvalue weighted by atomic mass is 10.0. The Hall–Kier alpha value is -3.82. The van der Waals surface area contributed by atoms with Crippen LogP contribution in [0.2, 0.25) is 5.02 Å². The fourth-order valence-electron chi connectivity index (χ4n) is 3.61. The van der Waals surface area contributed by atoms with Gasteiger partial charge in [0, 0.05) is 42.3 Å². The molecule has 0 aliphatic heterocycles. The molecule has 0 saturated carbocycles. The first-order chi connectivity index (χ1) is 16.6. The maximum absolute atomic E-state index is 13.8. The molecule has 1 unspecified atom stereocenters. The highest BCUT2D eigenvalue weighted by Crippen LogP contribution is 2.29. The van der Waals surface area contributed by atoms with Gasteiger partial charge in [0.25, 0.3) is 0 Å². The van der Waals surface area contributed by atoms with E-state index in [4.69, 9.17) is 16.3 Å². The minimum Gasteiger partial charge on any atom is -0.383 e. The van der Waals surface area contributed by atoms with Crippen molar-refractivity contribution in [2.75, 3.05) is 25.2 Å². The summed E-state index contributed by atoms with van der Waals surface area (Å²) in [5.41, 5.74) is 2.46. The van der Waals surface area contributed by atoms with Crippen LogP contribution < -0.4 is 10.2 Å². The Morgan fingerprint density at radius 2 is 1.91 bits per heavy atom. The zero-order chi connectivity index (χ0) is 23.9. The van der Waals surface area contributed by atoms with E-state index in [1.54, 1.807) is 55.9 Å². The van der Waals surface area contributed by atoms with Crippen LogP contribution in [0.1, 0.15) is 11.6 Å². The lowest BCUT2D eigenvalue weighted by Crippen LogP contribution is -2.46. The largest absolute Gasteiger partial charge is 0.383 e. The number of para-hydroxylation sites is 1. The number of hydrogen-bond acceptors (Lipinski definition) is 6. The number of nitrogens with one attached hydrogen (secondary N) is 1. The number of hydrogen-bond donors (Lipinski definition) is 1. The number of aromatic nitrogens is 4. The second-order valence-electron chi connectivity index (χ2n) is 7.45. The molecule has 2 amide bonds. The quantitative estimate of drug-likeness (QED) is 0.371. The van der Waals surface area contributed by atoms with E-state index in [-0.39, 0.29) is 18.4 Å². The Morgan fingerprint density at radius 3 is 2.65 bits per heavy atom. The van der Waals surface area contributed by atoms with E-state index in [9.17, 15) is 9.59 Å². The normalized spacial score (nSPS) is 11.8. The topological polar surface area (TPSA) is 102 Å². The zero-order valence-corrected chi connectivity index (χ0v) is 19.2. The molecule has 4 rings (SSSR count). The average Bonchev–Trinajstić information content (AvgIpc) is 3.26. The maximum Gasteiger partial charge on any atom is 0.249 e. The molecule has 0 bridgehead atoms. The summed E-state index contributed by atoms with van der Waals surface area (Å²) in [6.45, 7) is 0.513. The molecule has 0 aliphatic carbocycles. The van der Waals surface area contributed by atoms with E-state index < -0.39 is 6.04 Å². The van der Waals surface area contributed by atoms with Crippen molar-refractivity contribution >= 4 is 40.1 Å². The van der Waals surface area contributed by atoms with E-state index in [0.717, 1.165) is 5.52 Å². The molecule has 0 aliphatic rings. The molecule has 2 aromatic heterocycles. The van der Waals surface area contributed by atoms with Crippen molar-refractivity contribution in [3.8, 4) is 0 Å². The molecule has 2 aromatic carbocycles. The smallest absolute Gasteiger partial charge is 0.249 e. The number of ether oxygens (including phenoxy) is 1. The van der Waals surface area contributed by atoms with Crippen LogP contribution in [-0.2, 0) is 20.9 Å². The standard InChI is InChI=1S/C24H23ClN6O3/c1-34-14-13-27-24(33)23(17-5-4-12-26-15-17)31(19-10-8-18(25)9-11-19)22(32)16-30-21-7-3-2-6-20(21)28-29-30/h2-12,15,23H,13-14,16H2,1H3,(H,27,33). The summed E-state index contributed by atoms with van der Waals surface area (Å²) in [5.74, 6) is -0.717. The number of methoxy groups -OCH3 is 1. The Morgan fingerprint density at radius 1 is 1.12 bits per heavy atom. The van der Waals surface area contributed by atoms with Crippen molar-refractivity contribution in [2.45, 2.75) is 12.6 Å². The van der Waals surface area contributed by atoms with Crippen molar-refractivity contribution in [3.05, 3.63) is 83.6 Å². The Labute approximate surface area is 201 Å². The molecule has 174 valence electrons. The summed E-state index contributed by atoms with van der Waals surface area (Å²) in [6.07, 6.45) is 3.18. The van der Waals surface area contributed by atoms with Crippen LogP contribution in [0.4, 0.5) is 5.69 Å². The number of carbonyl (C=O) groups is 2. The number of pyridine rings is 1. The lowest BCUT2D eigenvalue weighted by molar-refractivity contribution is -0.127. The maximum atomic E-state index is 13.8. The van der Waals surface area contributed by atoms with Gasteiger partial charge in [-0.3, -0.25) is 19.5 Å². The highest BCUT2D eigenvalue weighted by molar-refractivity contribution is 6.30. The molecular weight excluding hydrogens is 456 g/mol.